The van der Waals surface area contributed by atoms with E-state index in [1.807, 2.05) is 25.7 Å². The molecule has 0 saturated heterocycles. The van der Waals surface area contributed by atoms with Gasteiger partial charge in [-0.2, -0.15) is 0 Å². The maximum absolute atomic E-state index is 4.14. The molecule has 0 fully saturated rings. The molecule has 68 valence electrons. The van der Waals surface area contributed by atoms with Crippen LogP contribution in [0.5, 0.6) is 0 Å². The van der Waals surface area contributed by atoms with E-state index in [1.54, 1.807) is 0 Å². The van der Waals surface area contributed by atoms with Crippen LogP contribution in [-0.2, 0) is 0 Å². The molecular weight excluding hydrogens is 179 g/mol. The average molecular weight is 193 g/mol. The molecule has 0 heterocycles. The molecule has 13 heavy (non-hydrogen) atoms. The zero-order valence-electron chi connectivity index (χ0n) is 8.28. The first-order chi connectivity index (χ1) is 6.09. The fourth-order valence-electron chi connectivity index (χ4n) is 1.04. The van der Waals surface area contributed by atoms with Gasteiger partial charge in [-0.25, -0.2) is 0 Å². The molecule has 0 aliphatic carbocycles. The summed E-state index contributed by atoms with van der Waals surface area (Å²) in [5, 5.41) is 4.14. The van der Waals surface area contributed by atoms with Gasteiger partial charge >= 0.3 is 0 Å². The Morgan fingerprint density at radius 2 is 2.00 bits per heavy atom. The normalized spacial score (nSPS) is 12.1. The lowest BCUT2D eigenvalue weighted by molar-refractivity contribution is 1.27. The van der Waals surface area contributed by atoms with E-state index >= 15 is 0 Å². The second-order valence-electron chi connectivity index (χ2n) is 3.14. The highest BCUT2D eigenvalue weighted by Gasteiger charge is 1.97. The Kier molecular flexibility index (Phi) is 3.32. The fraction of sp³-hybridized carbons (Fsp3) is 0.300. The largest absolute Gasteiger partial charge is 0.250 e. The molecule has 0 bridgehead atoms. The Morgan fingerprint density at radius 1 is 1.31 bits per heavy atom. The van der Waals surface area contributed by atoms with Crippen LogP contribution in [0.3, 0.4) is 0 Å². The summed E-state index contributed by atoms with van der Waals surface area (Å²) in [6.45, 7) is 6.09. The summed E-state index contributed by atoms with van der Waals surface area (Å²) >= 11 is 0. The van der Waals surface area contributed by atoms with E-state index in [4.69, 9.17) is 0 Å². The van der Waals surface area contributed by atoms with Gasteiger partial charge in [0.15, 0.2) is 0 Å². The van der Waals surface area contributed by atoms with Crippen molar-refractivity contribution in [1.29, 1.82) is 0 Å². The lowest BCUT2D eigenvalue weighted by Gasteiger charge is -1.97. The van der Waals surface area contributed by atoms with Crippen LogP contribution in [0.2, 0.25) is 0 Å². The molecule has 1 aromatic carbocycles. The third-order valence-corrected chi connectivity index (χ3v) is 2.05. The molecule has 0 N–H and O–H groups in total. The second-order valence-corrected chi connectivity index (χ2v) is 4.63. The molecule has 0 aliphatic heterocycles. The monoisotopic (exact) mass is 193 g/mol. The second kappa shape index (κ2) is 4.29. The molecule has 3 heteroatoms. The molecule has 1 aromatic rings. The van der Waals surface area contributed by atoms with Crippen molar-refractivity contribution in [3.63, 3.8) is 0 Å². The van der Waals surface area contributed by atoms with Crippen molar-refractivity contribution < 1.29 is 0 Å². The fourth-order valence-corrected chi connectivity index (χ4v) is 1.29. The lowest BCUT2D eigenvalue weighted by atomic mass is 10.1. The van der Waals surface area contributed by atoms with Crippen LogP contribution in [0, 0.1) is 13.8 Å². The Morgan fingerprint density at radius 3 is 2.54 bits per heavy atom. The van der Waals surface area contributed by atoms with Crippen molar-refractivity contribution in [2.75, 3.05) is 6.66 Å². The quantitative estimate of drug-likeness (QED) is 0.503. The minimum Gasteiger partial charge on any atom is -0.110 e. The van der Waals surface area contributed by atoms with Crippen LogP contribution in [0.25, 0.3) is 0 Å². The van der Waals surface area contributed by atoms with Crippen molar-refractivity contribution in [2.24, 2.45) is 10.00 Å². The van der Waals surface area contributed by atoms with Gasteiger partial charge in [-0.3, -0.25) is 0 Å². The van der Waals surface area contributed by atoms with Gasteiger partial charge in [-0.05, 0) is 25.5 Å². The van der Waals surface area contributed by atoms with Crippen LogP contribution in [0.1, 0.15) is 11.1 Å². The first-order valence-corrected chi connectivity index (χ1v) is 6.05. The molecule has 0 saturated carbocycles. The van der Waals surface area contributed by atoms with E-state index in [1.165, 1.54) is 11.1 Å². The van der Waals surface area contributed by atoms with Crippen molar-refractivity contribution in [3.05, 3.63) is 29.3 Å². The van der Waals surface area contributed by atoms with Crippen LogP contribution >= 0.6 is 7.70 Å². The van der Waals surface area contributed by atoms with E-state index < -0.39 is 7.70 Å². The first kappa shape index (κ1) is 10.1. The number of benzene rings is 1. The molecule has 1 rings (SSSR count). The van der Waals surface area contributed by atoms with E-state index in [9.17, 15) is 0 Å². The Bertz CT molecular complexity index is 356. The number of hydrogen-bond donors (Lipinski definition) is 0. The summed E-state index contributed by atoms with van der Waals surface area (Å²) in [5.74, 6) is 0. The summed E-state index contributed by atoms with van der Waals surface area (Å²) in [7, 11) is -0.536. The van der Waals surface area contributed by atoms with Gasteiger partial charge in [0.25, 0.3) is 7.70 Å². The molecule has 0 radical (unpaired) electrons. The number of hydrogen-bond acceptors (Lipinski definition) is 2. The topological polar surface area (TPSA) is 24.7 Å². The minimum atomic E-state index is -0.536. The maximum Gasteiger partial charge on any atom is 0.250 e. The van der Waals surface area contributed by atoms with Gasteiger partial charge in [-0.15, -0.1) is 5.11 Å². The molecule has 2 nitrogen and oxygen atoms in total. The molecule has 0 amide bonds. The maximum atomic E-state index is 4.14. The number of nitrogens with zero attached hydrogens (tertiary/aromatic N) is 2. The summed E-state index contributed by atoms with van der Waals surface area (Å²) in [5.41, 5.74) is 3.37. The van der Waals surface area contributed by atoms with Crippen LogP contribution in [0.15, 0.2) is 28.2 Å². The lowest BCUT2D eigenvalue weighted by Crippen LogP contribution is -1.75. The zero-order chi connectivity index (χ0) is 9.84. The van der Waals surface area contributed by atoms with E-state index in [0.717, 1.165) is 5.69 Å². The van der Waals surface area contributed by atoms with Crippen LogP contribution in [0.4, 0.5) is 5.69 Å². The molecule has 0 aromatic heterocycles. The zero-order valence-corrected chi connectivity index (χ0v) is 9.18. The molecule has 0 spiro atoms. The molecule has 1 unspecified atom stereocenters. The van der Waals surface area contributed by atoms with Gasteiger partial charge < -0.3 is 0 Å². The third-order valence-electron chi connectivity index (χ3n) is 1.66. The smallest absolute Gasteiger partial charge is 0.110 e. The van der Waals surface area contributed by atoms with Crippen molar-refractivity contribution >= 4 is 19.7 Å². The van der Waals surface area contributed by atoms with Gasteiger partial charge in [-0.1, -0.05) is 17.7 Å². The third kappa shape index (κ3) is 3.08. The minimum absolute atomic E-state index is 0.536. The summed E-state index contributed by atoms with van der Waals surface area (Å²) in [6.07, 6.45) is 3.81. The molecular formula is C10H14N2P+. The van der Waals surface area contributed by atoms with Crippen molar-refractivity contribution in [1.82, 2.24) is 0 Å². The first-order valence-electron chi connectivity index (χ1n) is 4.13. The average Bonchev–Trinajstić information content (AvgIpc) is 2.02. The van der Waals surface area contributed by atoms with Gasteiger partial charge in [0.2, 0.25) is 0 Å². The Balaban J connectivity index is 2.96. The van der Waals surface area contributed by atoms with E-state index in [0.29, 0.717) is 0 Å². The molecule has 0 aliphatic rings. The van der Waals surface area contributed by atoms with E-state index in [-0.39, 0.29) is 0 Å². The standard InChI is InChI=1S/C10H14N2P/c1-8-5-6-10(9(2)7-8)11-12-13(3)4/h5-7H,3H2,1-2,4H3/q+1. The predicted molar refractivity (Wildman–Crippen MR) is 60.4 cm³/mol. The van der Waals surface area contributed by atoms with Crippen LogP contribution < -0.4 is 0 Å². The summed E-state index contributed by atoms with van der Waals surface area (Å²) in [6, 6.07) is 6.14. The highest BCUT2D eigenvalue weighted by atomic mass is 31.1. The SMILES string of the molecule is C=[P+](C)N=Nc1ccc(C)cc1C. The van der Waals surface area contributed by atoms with Crippen LogP contribution in [-0.4, -0.2) is 13.0 Å². The number of rotatable bonds is 2. The molecule has 1 atom stereocenters. The van der Waals surface area contributed by atoms with Gasteiger partial charge in [0.05, 0.1) is 5.69 Å². The van der Waals surface area contributed by atoms with Gasteiger partial charge in [0.1, 0.15) is 13.0 Å². The predicted octanol–water partition coefficient (Wildman–Crippen LogP) is 3.85. The number of aryl methyl sites for hydroxylation is 2. The van der Waals surface area contributed by atoms with Crippen molar-refractivity contribution in [2.45, 2.75) is 13.8 Å². The summed E-state index contributed by atoms with van der Waals surface area (Å²) < 4.78 is 0. The Hall–Kier alpha value is -1.01. The van der Waals surface area contributed by atoms with Crippen molar-refractivity contribution in [3.8, 4) is 0 Å². The highest BCUT2D eigenvalue weighted by Crippen LogP contribution is 2.24. The Labute approximate surface area is 80.2 Å². The van der Waals surface area contributed by atoms with Gasteiger partial charge in [0, 0.05) is 4.88 Å². The highest BCUT2D eigenvalue weighted by molar-refractivity contribution is 7.53. The van der Waals surface area contributed by atoms with E-state index in [2.05, 4.69) is 29.3 Å². The summed E-state index contributed by atoms with van der Waals surface area (Å²) in [4.78, 5) is 4.06.